The van der Waals surface area contributed by atoms with Gasteiger partial charge in [0.25, 0.3) is 0 Å². The first kappa shape index (κ1) is 37.1. The van der Waals surface area contributed by atoms with Gasteiger partial charge in [0.05, 0.1) is 42.5 Å². The van der Waals surface area contributed by atoms with Crippen LogP contribution in [0.4, 0.5) is 5.69 Å². The number of hydrogen-bond acceptors (Lipinski definition) is 9. The number of aliphatic hydroxyl groups is 1. The molecule has 1 fully saturated rings. The van der Waals surface area contributed by atoms with E-state index in [1.165, 1.54) is 4.31 Å². The molecule has 0 aromatic heterocycles. The molecule has 2 aliphatic rings. The minimum Gasteiger partial charge on any atom is -0.494 e. The first-order valence-electron chi connectivity index (χ1n) is 17.3. The Bertz CT molecular complexity index is 1570. The minimum atomic E-state index is -3.82. The van der Waals surface area contributed by atoms with Crippen molar-refractivity contribution in [1.29, 1.82) is 0 Å². The van der Waals surface area contributed by atoms with Gasteiger partial charge in [-0.25, -0.2) is 8.42 Å². The number of aryl methyl sites for hydroxylation is 1. The summed E-state index contributed by atoms with van der Waals surface area (Å²) in [6.45, 7) is 7.95. The summed E-state index contributed by atoms with van der Waals surface area (Å²) in [5.41, 5.74) is 3.94. The number of rotatable bonds is 17. The van der Waals surface area contributed by atoms with E-state index in [1.807, 2.05) is 50.2 Å². The van der Waals surface area contributed by atoms with Crippen LogP contribution < -0.4 is 14.4 Å². The first-order valence-corrected chi connectivity index (χ1v) is 18.7. The molecule has 0 radical (unpaired) electrons. The number of ether oxygens (including phenoxy) is 5. The maximum absolute atomic E-state index is 13.9. The Kier molecular flexibility index (Phi) is 13.4. The maximum atomic E-state index is 13.9. The van der Waals surface area contributed by atoms with E-state index in [0.717, 1.165) is 66.2 Å². The third kappa shape index (κ3) is 9.53. The molecule has 4 atom stereocenters. The number of piperidine rings is 1. The van der Waals surface area contributed by atoms with Crippen LogP contribution in [0.15, 0.2) is 71.6 Å². The molecule has 3 aromatic rings. The monoisotopic (exact) mass is 696 g/mol. The second-order valence-corrected chi connectivity index (χ2v) is 15.0. The second kappa shape index (κ2) is 17.6. The molecule has 268 valence electrons. The largest absolute Gasteiger partial charge is 0.494 e. The van der Waals surface area contributed by atoms with Crippen LogP contribution in [0.1, 0.15) is 48.8 Å². The number of benzene rings is 3. The quantitative estimate of drug-likeness (QED) is 0.186. The van der Waals surface area contributed by atoms with Gasteiger partial charge in [-0.1, -0.05) is 35.9 Å². The molecule has 0 spiro atoms. The van der Waals surface area contributed by atoms with Crippen molar-refractivity contribution in [2.45, 2.75) is 62.7 Å². The van der Waals surface area contributed by atoms with Gasteiger partial charge in [-0.3, -0.25) is 0 Å². The van der Waals surface area contributed by atoms with Gasteiger partial charge in [-0.05, 0) is 80.6 Å². The van der Waals surface area contributed by atoms with Crippen LogP contribution in [0.5, 0.6) is 11.5 Å². The van der Waals surface area contributed by atoms with Crippen molar-refractivity contribution in [2.75, 3.05) is 71.7 Å². The third-order valence-electron chi connectivity index (χ3n) is 9.54. The Morgan fingerprint density at radius 2 is 1.76 bits per heavy atom. The van der Waals surface area contributed by atoms with Crippen molar-refractivity contribution in [3.63, 3.8) is 0 Å². The van der Waals surface area contributed by atoms with Crippen LogP contribution in [0.25, 0.3) is 0 Å². The molecular weight excluding hydrogens is 644 g/mol. The summed E-state index contributed by atoms with van der Waals surface area (Å²) < 4.78 is 58.5. The summed E-state index contributed by atoms with van der Waals surface area (Å²) in [7, 11) is -0.397. The summed E-state index contributed by atoms with van der Waals surface area (Å²) in [5, 5.41) is 10.7. The van der Waals surface area contributed by atoms with Crippen LogP contribution in [-0.4, -0.2) is 96.9 Å². The highest BCUT2D eigenvalue weighted by Crippen LogP contribution is 2.39. The predicted octanol–water partition coefficient (Wildman–Crippen LogP) is 5.41. The standard InChI is InChI=1S/C38H52N2O8S/c1-28-8-15-34(16-9-28)49(42,43)40-24-32(26-41)38(31-11-13-33(14-12-31)46-21-5-7-29(2)45-4)37(25-40)48-27-30-10-17-36-35(23-30)39(19-22-47-36)18-6-20-44-3/h8-17,23,29,32,37-38,41H,5-7,18-22,24-27H2,1-4H3/t29-,32+,37+,38+/m1/s1. The van der Waals surface area contributed by atoms with Gasteiger partial charge in [0, 0.05) is 58.9 Å². The molecule has 2 heterocycles. The average Bonchev–Trinajstić information content (AvgIpc) is 3.12. The van der Waals surface area contributed by atoms with Crippen LogP contribution in [-0.2, 0) is 30.8 Å². The maximum Gasteiger partial charge on any atom is 0.243 e. The zero-order chi connectivity index (χ0) is 34.8. The molecule has 1 N–H and O–H groups in total. The number of sulfonamides is 1. The Morgan fingerprint density at radius 3 is 2.47 bits per heavy atom. The molecule has 0 saturated carbocycles. The number of hydrogen-bond donors (Lipinski definition) is 1. The normalized spacial score (nSPS) is 20.4. The summed E-state index contributed by atoms with van der Waals surface area (Å²) in [4.78, 5) is 2.54. The van der Waals surface area contributed by atoms with Crippen molar-refractivity contribution in [3.05, 3.63) is 83.4 Å². The summed E-state index contributed by atoms with van der Waals surface area (Å²) in [6.07, 6.45) is 2.38. The summed E-state index contributed by atoms with van der Waals surface area (Å²) in [5.74, 6) is 0.985. The molecule has 0 bridgehead atoms. The summed E-state index contributed by atoms with van der Waals surface area (Å²) in [6, 6.07) is 20.9. The van der Waals surface area contributed by atoms with Gasteiger partial charge < -0.3 is 33.7 Å². The van der Waals surface area contributed by atoms with E-state index in [1.54, 1.807) is 38.5 Å². The van der Waals surface area contributed by atoms with E-state index in [-0.39, 0.29) is 49.1 Å². The van der Waals surface area contributed by atoms with Crippen LogP contribution >= 0.6 is 0 Å². The lowest BCUT2D eigenvalue weighted by Crippen LogP contribution is -2.52. The van der Waals surface area contributed by atoms with Crippen LogP contribution in [0, 0.1) is 12.8 Å². The number of methoxy groups -OCH3 is 2. The van der Waals surface area contributed by atoms with E-state index in [4.69, 9.17) is 23.7 Å². The van der Waals surface area contributed by atoms with Crippen LogP contribution in [0.2, 0.25) is 0 Å². The number of anilines is 1. The lowest BCUT2D eigenvalue weighted by Gasteiger charge is -2.42. The molecule has 0 aliphatic carbocycles. The number of aliphatic hydroxyl groups excluding tert-OH is 1. The van der Waals surface area contributed by atoms with E-state index < -0.39 is 16.1 Å². The van der Waals surface area contributed by atoms with Gasteiger partial charge in [0.1, 0.15) is 18.1 Å². The zero-order valence-electron chi connectivity index (χ0n) is 29.3. The molecule has 1 saturated heterocycles. The van der Waals surface area contributed by atoms with Gasteiger partial charge in [-0.2, -0.15) is 4.31 Å². The molecule has 5 rings (SSSR count). The Morgan fingerprint density at radius 1 is 0.980 bits per heavy atom. The van der Waals surface area contributed by atoms with Crippen molar-refractivity contribution in [3.8, 4) is 11.5 Å². The average molecular weight is 697 g/mol. The van der Waals surface area contributed by atoms with Gasteiger partial charge in [0.2, 0.25) is 10.0 Å². The highest BCUT2D eigenvalue weighted by atomic mass is 32.2. The fourth-order valence-corrected chi connectivity index (χ4v) is 8.15. The Balaban J connectivity index is 1.37. The second-order valence-electron chi connectivity index (χ2n) is 13.0. The summed E-state index contributed by atoms with van der Waals surface area (Å²) >= 11 is 0. The third-order valence-corrected chi connectivity index (χ3v) is 11.4. The molecule has 10 nitrogen and oxygen atoms in total. The highest BCUT2D eigenvalue weighted by Gasteiger charge is 2.42. The Labute approximate surface area is 291 Å². The van der Waals surface area contributed by atoms with E-state index >= 15 is 0 Å². The molecule has 0 amide bonds. The SMILES string of the molecule is COCCCN1CCOc2ccc(CO[C@H]3CN(S(=O)(=O)c4ccc(C)cc4)C[C@@H](CO)[C@@H]3c3ccc(OCCC[C@@H](C)OC)cc3)cc21. The highest BCUT2D eigenvalue weighted by molar-refractivity contribution is 7.89. The number of fused-ring (bicyclic) bond motifs is 1. The minimum absolute atomic E-state index is 0.157. The fraction of sp³-hybridized carbons (Fsp3) is 0.526. The smallest absolute Gasteiger partial charge is 0.243 e. The topological polar surface area (TPSA) is 107 Å². The molecule has 11 heteroatoms. The molecule has 3 aromatic carbocycles. The van der Waals surface area contributed by atoms with Crippen molar-refractivity contribution >= 4 is 15.7 Å². The van der Waals surface area contributed by atoms with E-state index in [0.29, 0.717) is 19.8 Å². The predicted molar refractivity (Wildman–Crippen MR) is 190 cm³/mol. The van der Waals surface area contributed by atoms with Gasteiger partial charge in [-0.15, -0.1) is 0 Å². The first-order chi connectivity index (χ1) is 23.7. The van der Waals surface area contributed by atoms with Gasteiger partial charge in [0.15, 0.2) is 0 Å². The molecule has 0 unspecified atom stereocenters. The Hall–Kier alpha value is -3.19. The van der Waals surface area contributed by atoms with Crippen molar-refractivity contribution in [2.24, 2.45) is 5.92 Å². The lowest BCUT2D eigenvalue weighted by molar-refractivity contribution is -0.0351. The van der Waals surface area contributed by atoms with Crippen molar-refractivity contribution < 1.29 is 37.2 Å². The van der Waals surface area contributed by atoms with E-state index in [2.05, 4.69) is 11.0 Å². The number of nitrogens with zero attached hydrogens (tertiary/aromatic N) is 2. The van der Waals surface area contributed by atoms with E-state index in [9.17, 15) is 13.5 Å². The van der Waals surface area contributed by atoms with Crippen molar-refractivity contribution in [1.82, 2.24) is 4.31 Å². The lowest BCUT2D eigenvalue weighted by atomic mass is 9.79. The van der Waals surface area contributed by atoms with Crippen LogP contribution in [0.3, 0.4) is 0 Å². The van der Waals surface area contributed by atoms with Gasteiger partial charge >= 0.3 is 0 Å². The molecule has 49 heavy (non-hydrogen) atoms. The molecular formula is C38H52N2O8S. The molecule has 2 aliphatic heterocycles. The zero-order valence-corrected chi connectivity index (χ0v) is 30.1. The fourth-order valence-electron chi connectivity index (χ4n) is 6.65.